The number of nitrogens with zero attached hydrogens (tertiary/aromatic N) is 1. The average molecular weight is 249 g/mol. The van der Waals surface area contributed by atoms with Gasteiger partial charge in [0, 0.05) is 17.3 Å². The number of fused-ring (bicyclic) bond motifs is 1. The zero-order valence-corrected chi connectivity index (χ0v) is 12.4. The quantitative estimate of drug-likeness (QED) is 0.852. The molecule has 0 aromatic carbocycles. The first kappa shape index (κ1) is 13.4. The molecular formula is C15H27N3. The zero-order valence-electron chi connectivity index (χ0n) is 12.4. The molecule has 102 valence electrons. The predicted octanol–water partition coefficient (Wildman–Crippen LogP) is 3.77. The average Bonchev–Trinajstić information content (AvgIpc) is 2.71. The van der Waals surface area contributed by atoms with Gasteiger partial charge in [0.2, 0.25) is 0 Å². The second-order valence-electron chi connectivity index (χ2n) is 6.61. The lowest BCUT2D eigenvalue weighted by Crippen LogP contribution is -2.29. The summed E-state index contributed by atoms with van der Waals surface area (Å²) < 4.78 is 0. The normalized spacial score (nSPS) is 20.0. The van der Waals surface area contributed by atoms with Gasteiger partial charge in [-0.25, -0.2) is 0 Å². The Morgan fingerprint density at radius 3 is 2.78 bits per heavy atom. The largest absolute Gasteiger partial charge is 0.366 e. The number of rotatable bonds is 4. The fraction of sp³-hybridized carbons (Fsp3) is 0.800. The summed E-state index contributed by atoms with van der Waals surface area (Å²) in [6.07, 6.45) is 4.85. The van der Waals surface area contributed by atoms with Gasteiger partial charge in [-0.2, -0.15) is 5.10 Å². The van der Waals surface area contributed by atoms with Crippen LogP contribution in [0.1, 0.15) is 58.7 Å². The number of aromatic amines is 1. The summed E-state index contributed by atoms with van der Waals surface area (Å²) in [6.45, 7) is 11.4. The minimum atomic E-state index is 0.435. The smallest absolute Gasteiger partial charge is 0.151 e. The van der Waals surface area contributed by atoms with Gasteiger partial charge in [-0.1, -0.05) is 27.2 Å². The number of hydrogen-bond acceptors (Lipinski definition) is 2. The third-order valence-electron chi connectivity index (χ3n) is 4.59. The molecule has 3 heteroatoms. The summed E-state index contributed by atoms with van der Waals surface area (Å²) in [4.78, 5) is 0. The molecule has 0 fully saturated rings. The van der Waals surface area contributed by atoms with E-state index in [4.69, 9.17) is 0 Å². The highest BCUT2D eigenvalue weighted by Crippen LogP contribution is 2.40. The van der Waals surface area contributed by atoms with Crippen LogP contribution in [0.3, 0.4) is 0 Å². The van der Waals surface area contributed by atoms with Gasteiger partial charge in [-0.15, -0.1) is 0 Å². The van der Waals surface area contributed by atoms with Crippen molar-refractivity contribution in [2.45, 2.75) is 66.3 Å². The summed E-state index contributed by atoms with van der Waals surface area (Å²) in [6, 6.07) is 0.442. The molecule has 18 heavy (non-hydrogen) atoms. The molecule has 3 nitrogen and oxygen atoms in total. The van der Waals surface area contributed by atoms with E-state index in [1.807, 2.05) is 0 Å². The maximum atomic E-state index is 4.44. The summed E-state index contributed by atoms with van der Waals surface area (Å²) in [5, 5.41) is 11.1. The van der Waals surface area contributed by atoms with Crippen LogP contribution < -0.4 is 5.32 Å². The van der Waals surface area contributed by atoms with Crippen molar-refractivity contribution in [2.24, 2.45) is 11.3 Å². The van der Waals surface area contributed by atoms with Gasteiger partial charge >= 0.3 is 0 Å². The van der Waals surface area contributed by atoms with E-state index < -0.39 is 0 Å². The summed E-state index contributed by atoms with van der Waals surface area (Å²) >= 11 is 0. The number of H-pyrrole nitrogens is 1. The molecule has 1 aliphatic rings. The van der Waals surface area contributed by atoms with Crippen molar-refractivity contribution in [3.63, 3.8) is 0 Å². The van der Waals surface area contributed by atoms with Gasteiger partial charge in [0.05, 0.1) is 0 Å². The molecule has 0 aliphatic heterocycles. The van der Waals surface area contributed by atoms with Gasteiger partial charge in [0.15, 0.2) is 5.82 Å². The molecule has 1 aliphatic carbocycles. The maximum absolute atomic E-state index is 4.44. The van der Waals surface area contributed by atoms with Crippen molar-refractivity contribution in [2.75, 3.05) is 5.32 Å². The Hall–Kier alpha value is -0.990. The molecule has 0 amide bonds. The Labute approximate surface area is 111 Å². The number of aromatic nitrogens is 2. The first-order valence-electron chi connectivity index (χ1n) is 7.26. The highest BCUT2D eigenvalue weighted by atomic mass is 15.2. The molecule has 2 rings (SSSR count). The number of hydrogen-bond donors (Lipinski definition) is 2. The van der Waals surface area contributed by atoms with E-state index in [1.165, 1.54) is 30.5 Å². The first-order valence-corrected chi connectivity index (χ1v) is 7.26. The van der Waals surface area contributed by atoms with E-state index in [9.17, 15) is 0 Å². The highest BCUT2D eigenvalue weighted by Gasteiger charge is 2.33. The topological polar surface area (TPSA) is 40.7 Å². The molecular weight excluding hydrogens is 222 g/mol. The SMILES string of the molecule is CCC(C)(C)C1CCc2[nH]nc(NC(C)C)c2C1. The van der Waals surface area contributed by atoms with Gasteiger partial charge < -0.3 is 5.32 Å². The molecule has 1 aromatic heterocycles. The van der Waals surface area contributed by atoms with Crippen LogP contribution in [0.4, 0.5) is 5.82 Å². The van der Waals surface area contributed by atoms with E-state index in [2.05, 4.69) is 50.1 Å². The van der Waals surface area contributed by atoms with Crippen molar-refractivity contribution >= 4 is 5.82 Å². The second kappa shape index (κ2) is 4.94. The van der Waals surface area contributed by atoms with Crippen LogP contribution in [0.5, 0.6) is 0 Å². The lowest BCUT2D eigenvalue weighted by molar-refractivity contribution is 0.183. The molecule has 1 aromatic rings. The Morgan fingerprint density at radius 2 is 2.17 bits per heavy atom. The molecule has 0 spiro atoms. The van der Waals surface area contributed by atoms with Crippen molar-refractivity contribution in [3.05, 3.63) is 11.3 Å². The molecule has 0 bridgehead atoms. The molecule has 1 heterocycles. The molecule has 2 N–H and O–H groups in total. The summed E-state index contributed by atoms with van der Waals surface area (Å²) in [7, 11) is 0. The Bertz CT molecular complexity index is 404. The van der Waals surface area contributed by atoms with Crippen molar-refractivity contribution in [3.8, 4) is 0 Å². The van der Waals surface area contributed by atoms with Crippen LogP contribution in [-0.4, -0.2) is 16.2 Å². The fourth-order valence-corrected chi connectivity index (χ4v) is 2.84. The van der Waals surface area contributed by atoms with Gasteiger partial charge in [0.1, 0.15) is 0 Å². The molecule has 0 saturated carbocycles. The molecule has 1 atom stereocenters. The molecule has 0 radical (unpaired) electrons. The predicted molar refractivity (Wildman–Crippen MR) is 76.9 cm³/mol. The van der Waals surface area contributed by atoms with Crippen LogP contribution in [0.15, 0.2) is 0 Å². The van der Waals surface area contributed by atoms with Crippen LogP contribution >= 0.6 is 0 Å². The monoisotopic (exact) mass is 249 g/mol. The molecule has 1 unspecified atom stereocenters. The fourth-order valence-electron chi connectivity index (χ4n) is 2.84. The van der Waals surface area contributed by atoms with Crippen LogP contribution in [-0.2, 0) is 12.8 Å². The first-order chi connectivity index (χ1) is 8.44. The van der Waals surface area contributed by atoms with Gasteiger partial charge in [0.25, 0.3) is 0 Å². The summed E-state index contributed by atoms with van der Waals surface area (Å²) in [5.41, 5.74) is 3.21. The Kier molecular flexibility index (Phi) is 3.69. The number of aryl methyl sites for hydroxylation is 1. The minimum absolute atomic E-state index is 0.435. The van der Waals surface area contributed by atoms with Crippen LogP contribution in [0, 0.1) is 11.3 Å². The maximum Gasteiger partial charge on any atom is 0.151 e. The minimum Gasteiger partial charge on any atom is -0.366 e. The summed E-state index contributed by atoms with van der Waals surface area (Å²) in [5.74, 6) is 1.86. The van der Waals surface area contributed by atoms with E-state index in [-0.39, 0.29) is 0 Å². The lowest BCUT2D eigenvalue weighted by Gasteiger charge is -2.36. The van der Waals surface area contributed by atoms with E-state index >= 15 is 0 Å². The van der Waals surface area contributed by atoms with E-state index in [1.54, 1.807) is 0 Å². The second-order valence-corrected chi connectivity index (χ2v) is 6.61. The van der Waals surface area contributed by atoms with Crippen molar-refractivity contribution < 1.29 is 0 Å². The van der Waals surface area contributed by atoms with E-state index in [0.717, 1.165) is 18.2 Å². The zero-order chi connectivity index (χ0) is 13.3. The van der Waals surface area contributed by atoms with Crippen LogP contribution in [0.2, 0.25) is 0 Å². The van der Waals surface area contributed by atoms with Gasteiger partial charge in [-0.3, -0.25) is 5.10 Å². The number of nitrogens with one attached hydrogen (secondary N) is 2. The third-order valence-corrected chi connectivity index (χ3v) is 4.59. The lowest BCUT2D eigenvalue weighted by atomic mass is 9.69. The Balaban J connectivity index is 2.19. The highest BCUT2D eigenvalue weighted by molar-refractivity contribution is 5.48. The van der Waals surface area contributed by atoms with Crippen molar-refractivity contribution in [1.82, 2.24) is 10.2 Å². The standard InChI is InChI=1S/C15H27N3/c1-6-15(4,5)11-7-8-13-12(9-11)14(18-17-13)16-10(2)3/h10-11H,6-9H2,1-5H3,(H2,16,17,18). The third kappa shape index (κ3) is 2.55. The van der Waals surface area contributed by atoms with E-state index in [0.29, 0.717) is 11.5 Å². The van der Waals surface area contributed by atoms with Gasteiger partial charge in [-0.05, 0) is 44.4 Å². The molecule has 0 saturated heterocycles. The Morgan fingerprint density at radius 1 is 1.44 bits per heavy atom. The number of anilines is 1. The van der Waals surface area contributed by atoms with Crippen LogP contribution in [0.25, 0.3) is 0 Å². The van der Waals surface area contributed by atoms with Crippen molar-refractivity contribution in [1.29, 1.82) is 0 Å².